The number of aromatic carboxylic acids is 1. The molecule has 1 heterocycles. The number of nitrogens with one attached hydrogen (secondary N) is 1. The predicted molar refractivity (Wildman–Crippen MR) is 60.6 cm³/mol. The minimum atomic E-state index is -1.02. The molecule has 0 amide bonds. The van der Waals surface area contributed by atoms with Crippen molar-refractivity contribution in [3.63, 3.8) is 0 Å². The Balaban J connectivity index is 0.00000128. The van der Waals surface area contributed by atoms with Crippen LogP contribution in [0.2, 0.25) is 0 Å². The van der Waals surface area contributed by atoms with Gasteiger partial charge in [-0.05, 0) is 37.6 Å². The van der Waals surface area contributed by atoms with Crippen LogP contribution in [0.15, 0.2) is 18.2 Å². The first kappa shape index (κ1) is 12.9. The van der Waals surface area contributed by atoms with Crippen molar-refractivity contribution in [2.24, 2.45) is 0 Å². The highest BCUT2D eigenvalue weighted by Crippen LogP contribution is 2.26. The molecule has 1 aliphatic rings. The third-order valence-corrected chi connectivity index (χ3v) is 2.68. The van der Waals surface area contributed by atoms with Gasteiger partial charge in [0.05, 0.1) is 5.56 Å². The van der Waals surface area contributed by atoms with Crippen molar-refractivity contribution in [2.45, 2.75) is 18.9 Å². The molecule has 0 radical (unpaired) electrons. The van der Waals surface area contributed by atoms with E-state index < -0.39 is 5.97 Å². The van der Waals surface area contributed by atoms with Crippen LogP contribution in [0.4, 0.5) is 4.39 Å². The second-order valence-corrected chi connectivity index (χ2v) is 3.69. The molecule has 0 aliphatic carbocycles. The minimum absolute atomic E-state index is 0. The van der Waals surface area contributed by atoms with Crippen molar-refractivity contribution >= 4 is 18.4 Å². The molecule has 1 saturated heterocycles. The van der Waals surface area contributed by atoms with Crippen LogP contribution in [0, 0.1) is 5.82 Å². The molecule has 1 aromatic rings. The molecule has 2 rings (SSSR count). The van der Waals surface area contributed by atoms with Crippen LogP contribution in [0.1, 0.15) is 34.8 Å². The van der Waals surface area contributed by atoms with E-state index in [4.69, 9.17) is 5.11 Å². The van der Waals surface area contributed by atoms with Gasteiger partial charge in [-0.25, -0.2) is 9.18 Å². The second kappa shape index (κ2) is 5.27. The minimum Gasteiger partial charge on any atom is -0.478 e. The Hall–Kier alpha value is -1.13. The molecule has 3 nitrogen and oxygen atoms in total. The van der Waals surface area contributed by atoms with Crippen molar-refractivity contribution in [1.82, 2.24) is 5.32 Å². The van der Waals surface area contributed by atoms with E-state index in [2.05, 4.69) is 5.32 Å². The summed E-state index contributed by atoms with van der Waals surface area (Å²) in [5.41, 5.74) is 0.604. The van der Waals surface area contributed by atoms with Crippen LogP contribution < -0.4 is 5.32 Å². The first-order valence-corrected chi connectivity index (χ1v) is 4.94. The molecule has 1 aromatic carbocycles. The number of halogens is 2. The summed E-state index contributed by atoms with van der Waals surface area (Å²) in [5.74, 6) is -1.35. The van der Waals surface area contributed by atoms with E-state index >= 15 is 0 Å². The molecule has 2 N–H and O–H groups in total. The van der Waals surface area contributed by atoms with Crippen LogP contribution in [0.25, 0.3) is 0 Å². The molecule has 16 heavy (non-hydrogen) atoms. The molecule has 0 bridgehead atoms. The summed E-state index contributed by atoms with van der Waals surface area (Å²) >= 11 is 0. The Labute approximate surface area is 99.1 Å². The molecule has 1 aliphatic heterocycles. The van der Waals surface area contributed by atoms with E-state index in [0.717, 1.165) is 19.4 Å². The van der Waals surface area contributed by atoms with E-state index in [1.165, 1.54) is 18.2 Å². The van der Waals surface area contributed by atoms with Crippen molar-refractivity contribution in [3.8, 4) is 0 Å². The summed E-state index contributed by atoms with van der Waals surface area (Å²) in [6.07, 6.45) is 1.86. The third-order valence-electron chi connectivity index (χ3n) is 2.68. The van der Waals surface area contributed by atoms with Crippen molar-refractivity contribution in [2.75, 3.05) is 6.54 Å². The molecule has 0 spiro atoms. The van der Waals surface area contributed by atoms with Crippen LogP contribution >= 0.6 is 12.4 Å². The van der Waals surface area contributed by atoms with Gasteiger partial charge in [-0.2, -0.15) is 0 Å². The fourth-order valence-electron chi connectivity index (χ4n) is 1.89. The highest BCUT2D eigenvalue weighted by Gasteiger charge is 2.20. The lowest BCUT2D eigenvalue weighted by Gasteiger charge is -2.12. The molecule has 0 aromatic heterocycles. The van der Waals surface area contributed by atoms with Crippen molar-refractivity contribution < 1.29 is 14.3 Å². The largest absolute Gasteiger partial charge is 0.478 e. The van der Waals surface area contributed by atoms with Gasteiger partial charge >= 0.3 is 5.97 Å². The van der Waals surface area contributed by atoms with Gasteiger partial charge in [0.15, 0.2) is 0 Å². The Morgan fingerprint density at radius 3 is 2.81 bits per heavy atom. The quantitative estimate of drug-likeness (QED) is 0.841. The fraction of sp³-hybridized carbons (Fsp3) is 0.364. The highest BCUT2D eigenvalue weighted by atomic mass is 35.5. The van der Waals surface area contributed by atoms with E-state index in [-0.39, 0.29) is 29.8 Å². The van der Waals surface area contributed by atoms with Gasteiger partial charge in [0.1, 0.15) is 5.82 Å². The van der Waals surface area contributed by atoms with Gasteiger partial charge in [-0.3, -0.25) is 0 Å². The maximum atomic E-state index is 13.5. The fourth-order valence-corrected chi connectivity index (χ4v) is 1.89. The molecular weight excluding hydrogens is 233 g/mol. The van der Waals surface area contributed by atoms with Crippen molar-refractivity contribution in [3.05, 3.63) is 35.1 Å². The SMILES string of the molecule is Cl.O=C(O)c1ccc(F)c([C@@H]2CCCN2)c1. The van der Waals surface area contributed by atoms with Gasteiger partial charge in [-0.1, -0.05) is 0 Å². The molecule has 0 saturated carbocycles. The van der Waals surface area contributed by atoms with E-state index in [1.54, 1.807) is 0 Å². The summed E-state index contributed by atoms with van der Waals surface area (Å²) in [4.78, 5) is 10.7. The second-order valence-electron chi connectivity index (χ2n) is 3.69. The smallest absolute Gasteiger partial charge is 0.335 e. The van der Waals surface area contributed by atoms with Crippen LogP contribution in [-0.4, -0.2) is 17.6 Å². The predicted octanol–water partition coefficient (Wildman–Crippen LogP) is 2.37. The maximum Gasteiger partial charge on any atom is 0.335 e. The summed E-state index contributed by atoms with van der Waals surface area (Å²) in [7, 11) is 0. The monoisotopic (exact) mass is 245 g/mol. The van der Waals surface area contributed by atoms with Gasteiger partial charge in [-0.15, -0.1) is 12.4 Å². The van der Waals surface area contributed by atoms with Gasteiger partial charge in [0.2, 0.25) is 0 Å². The Morgan fingerprint density at radius 2 is 2.25 bits per heavy atom. The van der Waals surface area contributed by atoms with Crippen LogP contribution in [-0.2, 0) is 0 Å². The van der Waals surface area contributed by atoms with E-state index in [1.807, 2.05) is 0 Å². The Morgan fingerprint density at radius 1 is 1.50 bits per heavy atom. The average molecular weight is 246 g/mol. The molecule has 0 unspecified atom stereocenters. The van der Waals surface area contributed by atoms with Gasteiger partial charge in [0.25, 0.3) is 0 Å². The zero-order chi connectivity index (χ0) is 10.8. The lowest BCUT2D eigenvalue weighted by atomic mass is 10.0. The lowest BCUT2D eigenvalue weighted by molar-refractivity contribution is 0.0696. The first-order chi connectivity index (χ1) is 7.18. The molecule has 1 fully saturated rings. The van der Waals surface area contributed by atoms with E-state index in [9.17, 15) is 9.18 Å². The third kappa shape index (κ3) is 2.51. The number of carbonyl (C=O) groups is 1. The van der Waals surface area contributed by atoms with Crippen LogP contribution in [0.5, 0.6) is 0 Å². The number of rotatable bonds is 2. The number of hydrogen-bond acceptors (Lipinski definition) is 2. The molecule has 1 atom stereocenters. The van der Waals surface area contributed by atoms with Gasteiger partial charge in [0, 0.05) is 11.6 Å². The summed E-state index contributed by atoms with van der Waals surface area (Å²) < 4.78 is 13.5. The zero-order valence-electron chi connectivity index (χ0n) is 8.57. The molecule has 5 heteroatoms. The number of carboxylic acid groups (broad SMARTS) is 1. The van der Waals surface area contributed by atoms with Crippen molar-refractivity contribution in [1.29, 1.82) is 0 Å². The summed E-state index contributed by atoms with van der Waals surface area (Å²) in [6.45, 7) is 0.863. The standard InChI is InChI=1S/C11H12FNO2.ClH/c12-9-4-3-7(11(14)15)6-8(9)10-2-1-5-13-10;/h3-4,6,10,13H,1-2,5H2,(H,14,15);1H/t10-;/m0./s1. The topological polar surface area (TPSA) is 49.3 Å². The number of benzene rings is 1. The highest BCUT2D eigenvalue weighted by molar-refractivity contribution is 5.87. The lowest BCUT2D eigenvalue weighted by Crippen LogP contribution is -2.15. The Bertz CT molecular complexity index is 392. The zero-order valence-corrected chi connectivity index (χ0v) is 9.39. The maximum absolute atomic E-state index is 13.5. The first-order valence-electron chi connectivity index (χ1n) is 4.94. The molecule has 88 valence electrons. The summed E-state index contributed by atoms with van der Waals surface area (Å²) in [5, 5.41) is 11.9. The Kier molecular flexibility index (Phi) is 4.26. The number of hydrogen-bond donors (Lipinski definition) is 2. The molecular formula is C11H13ClFNO2. The van der Waals surface area contributed by atoms with Gasteiger partial charge < -0.3 is 10.4 Å². The van der Waals surface area contributed by atoms with E-state index in [0.29, 0.717) is 5.56 Å². The summed E-state index contributed by atoms with van der Waals surface area (Å²) in [6, 6.07) is 3.89. The van der Waals surface area contributed by atoms with Crippen LogP contribution in [0.3, 0.4) is 0 Å². The normalized spacial score (nSPS) is 19.2. The number of carboxylic acids is 1. The average Bonchev–Trinajstić information content (AvgIpc) is 2.71.